The van der Waals surface area contributed by atoms with Crippen molar-refractivity contribution in [3.63, 3.8) is 0 Å². The molecule has 0 saturated carbocycles. The molecule has 0 aromatic heterocycles. The molecule has 1 fully saturated rings. The molecule has 1 aliphatic heterocycles. The van der Waals surface area contributed by atoms with Gasteiger partial charge in [-0.25, -0.2) is 0 Å². The summed E-state index contributed by atoms with van der Waals surface area (Å²) in [6.07, 6.45) is -4.18. The molecule has 14 heavy (non-hydrogen) atoms. The fourth-order valence-electron chi connectivity index (χ4n) is 1.29. The summed E-state index contributed by atoms with van der Waals surface area (Å²) in [4.78, 5) is 0. The van der Waals surface area contributed by atoms with Crippen LogP contribution in [0.2, 0.25) is 0 Å². The van der Waals surface area contributed by atoms with E-state index in [1.54, 1.807) is 0 Å². The van der Waals surface area contributed by atoms with E-state index in [0.717, 1.165) is 0 Å². The summed E-state index contributed by atoms with van der Waals surface area (Å²) < 4.78 is 4.68. The molecule has 0 radical (unpaired) electrons. The first-order chi connectivity index (χ1) is 6.46. The van der Waals surface area contributed by atoms with E-state index >= 15 is 0 Å². The van der Waals surface area contributed by atoms with Gasteiger partial charge in [-0.2, -0.15) is 5.26 Å². The Kier molecular flexibility index (Phi) is 3.06. The maximum atomic E-state index is 9.45. The van der Waals surface area contributed by atoms with Crippen LogP contribution in [0.1, 0.15) is 0 Å². The predicted molar refractivity (Wildman–Crippen MR) is 42.5 cm³/mol. The van der Waals surface area contributed by atoms with E-state index < -0.39 is 36.7 Å². The zero-order valence-corrected chi connectivity index (χ0v) is 7.24. The Morgan fingerprint density at radius 2 is 2.00 bits per heavy atom. The van der Waals surface area contributed by atoms with Crippen LogP contribution in [0, 0.1) is 11.3 Å². The van der Waals surface area contributed by atoms with Gasteiger partial charge in [0.25, 0.3) is 5.79 Å². The highest BCUT2D eigenvalue weighted by atomic mass is 16.6. The Morgan fingerprint density at radius 1 is 1.43 bits per heavy atom. The number of hydrogen-bond acceptors (Lipinski definition) is 7. The van der Waals surface area contributed by atoms with Crippen LogP contribution in [-0.2, 0) is 4.74 Å². The Morgan fingerprint density at radius 3 is 2.43 bits per heavy atom. The first-order valence-electron chi connectivity index (χ1n) is 4.00. The van der Waals surface area contributed by atoms with Crippen molar-refractivity contribution in [3.05, 3.63) is 0 Å². The maximum Gasteiger partial charge on any atom is 0.275 e. The summed E-state index contributed by atoms with van der Waals surface area (Å²) in [6.45, 7) is -0.630. The molecule has 1 saturated heterocycles. The van der Waals surface area contributed by atoms with Gasteiger partial charge in [0.1, 0.15) is 30.4 Å². The average Bonchev–Trinajstić information content (AvgIpc) is 2.20. The molecule has 1 aliphatic rings. The average molecular weight is 204 g/mol. The Balaban J connectivity index is 2.91. The number of nitriles is 1. The third-order valence-corrected chi connectivity index (χ3v) is 2.22. The molecule has 0 aliphatic carbocycles. The van der Waals surface area contributed by atoms with Gasteiger partial charge in [-0.1, -0.05) is 0 Å². The summed E-state index contributed by atoms with van der Waals surface area (Å²) in [7, 11) is 0. The molecule has 6 N–H and O–H groups in total. The van der Waals surface area contributed by atoms with Crippen LogP contribution in [0.3, 0.4) is 0 Å². The highest BCUT2D eigenvalue weighted by Crippen LogP contribution is 2.25. The highest BCUT2D eigenvalue weighted by molar-refractivity contribution is 5.08. The minimum absolute atomic E-state index is 0.630. The zero-order valence-electron chi connectivity index (χ0n) is 7.24. The van der Waals surface area contributed by atoms with Crippen molar-refractivity contribution in [1.82, 2.24) is 0 Å². The number of aliphatic hydroxyl groups excluding tert-OH is 3. The first-order valence-corrected chi connectivity index (χ1v) is 4.00. The van der Waals surface area contributed by atoms with Crippen LogP contribution in [0.5, 0.6) is 0 Å². The Hall–Kier alpha value is -0.750. The van der Waals surface area contributed by atoms with Crippen molar-refractivity contribution in [2.75, 3.05) is 6.61 Å². The molecular formula is C7H12N2O5. The second kappa shape index (κ2) is 3.78. The van der Waals surface area contributed by atoms with Crippen LogP contribution in [0.4, 0.5) is 0 Å². The molecule has 7 nitrogen and oxygen atoms in total. The normalized spacial score (nSPS) is 48.6. The van der Waals surface area contributed by atoms with Crippen LogP contribution in [0.15, 0.2) is 0 Å². The maximum absolute atomic E-state index is 9.45. The van der Waals surface area contributed by atoms with E-state index in [-0.39, 0.29) is 0 Å². The molecule has 0 spiro atoms. The second-order valence-corrected chi connectivity index (χ2v) is 3.15. The van der Waals surface area contributed by atoms with Crippen LogP contribution < -0.4 is 5.73 Å². The summed E-state index contributed by atoms with van der Waals surface area (Å²) in [5.41, 5.74) is 5.29. The number of nitrogens with two attached hydrogens (primary N) is 1. The van der Waals surface area contributed by atoms with Crippen molar-refractivity contribution >= 4 is 0 Å². The van der Waals surface area contributed by atoms with E-state index in [2.05, 4.69) is 4.74 Å². The number of hydrogen-bond donors (Lipinski definition) is 5. The van der Waals surface area contributed by atoms with Gasteiger partial charge in [-0.15, -0.1) is 0 Å². The van der Waals surface area contributed by atoms with E-state index in [4.69, 9.17) is 16.1 Å². The lowest BCUT2D eigenvalue weighted by Crippen LogP contribution is -2.67. The van der Waals surface area contributed by atoms with Gasteiger partial charge in [-0.3, -0.25) is 0 Å². The van der Waals surface area contributed by atoms with Gasteiger partial charge < -0.3 is 30.9 Å². The summed E-state index contributed by atoms with van der Waals surface area (Å²) >= 11 is 0. The van der Waals surface area contributed by atoms with E-state index in [0.29, 0.717) is 0 Å². The molecule has 1 unspecified atom stereocenters. The number of nitrogens with zero attached hydrogens (tertiary/aromatic N) is 1. The number of rotatable bonds is 1. The van der Waals surface area contributed by atoms with E-state index in [9.17, 15) is 15.3 Å². The third-order valence-electron chi connectivity index (χ3n) is 2.22. The lowest BCUT2D eigenvalue weighted by atomic mass is 9.92. The molecule has 7 heteroatoms. The molecule has 1 heterocycles. The van der Waals surface area contributed by atoms with Crippen LogP contribution in [0.25, 0.3) is 0 Å². The molecule has 0 amide bonds. The summed E-state index contributed by atoms with van der Waals surface area (Å²) in [5.74, 6) is -2.38. The summed E-state index contributed by atoms with van der Waals surface area (Å²) in [6, 6.07) is -0.0681. The molecule has 1 rings (SSSR count). The van der Waals surface area contributed by atoms with Crippen molar-refractivity contribution in [2.45, 2.75) is 30.1 Å². The van der Waals surface area contributed by atoms with Crippen molar-refractivity contribution in [1.29, 1.82) is 5.26 Å². The minimum Gasteiger partial charge on any atom is -0.394 e. The SMILES string of the molecule is N#CC1(O)O[C@H](CO)[C@@H](O)[C@H](O)[C@H]1N. The number of aliphatic hydroxyl groups is 4. The topological polar surface area (TPSA) is 140 Å². The zero-order chi connectivity index (χ0) is 10.9. The highest BCUT2D eigenvalue weighted by Gasteiger charge is 2.52. The Bertz CT molecular complexity index is 253. The lowest BCUT2D eigenvalue weighted by molar-refractivity contribution is -0.286. The molecular weight excluding hydrogens is 192 g/mol. The van der Waals surface area contributed by atoms with Crippen molar-refractivity contribution in [3.8, 4) is 6.07 Å². The van der Waals surface area contributed by atoms with Crippen LogP contribution >= 0.6 is 0 Å². The van der Waals surface area contributed by atoms with Gasteiger partial charge in [0.2, 0.25) is 0 Å². The fraction of sp³-hybridized carbons (Fsp3) is 0.857. The Labute approximate surface area is 79.9 Å². The fourth-order valence-corrected chi connectivity index (χ4v) is 1.29. The lowest BCUT2D eigenvalue weighted by Gasteiger charge is -2.42. The molecule has 0 aromatic carbocycles. The standard InChI is InChI=1S/C7H12N2O5/c8-2-7(13)6(9)5(12)4(11)3(1-10)14-7/h3-6,10-13H,1,9H2/t3-,4-,5+,6-,7?/m1/s1. The molecule has 80 valence electrons. The van der Waals surface area contributed by atoms with Gasteiger partial charge in [0, 0.05) is 0 Å². The first kappa shape index (κ1) is 11.3. The summed E-state index contributed by atoms with van der Waals surface area (Å²) in [5, 5.41) is 45.4. The predicted octanol–water partition coefficient (Wildman–Crippen LogP) is -3.36. The smallest absolute Gasteiger partial charge is 0.275 e. The molecule has 0 aromatic rings. The molecule has 5 atom stereocenters. The quantitative estimate of drug-likeness (QED) is 0.281. The minimum atomic E-state index is -2.38. The van der Waals surface area contributed by atoms with Gasteiger partial charge >= 0.3 is 0 Å². The molecule has 0 bridgehead atoms. The van der Waals surface area contributed by atoms with E-state index in [1.807, 2.05) is 0 Å². The monoisotopic (exact) mass is 204 g/mol. The van der Waals surface area contributed by atoms with Crippen LogP contribution in [-0.4, -0.2) is 57.2 Å². The van der Waals surface area contributed by atoms with Gasteiger partial charge in [0.15, 0.2) is 0 Å². The second-order valence-electron chi connectivity index (χ2n) is 3.15. The third kappa shape index (κ3) is 1.59. The van der Waals surface area contributed by atoms with Crippen molar-refractivity contribution in [2.24, 2.45) is 5.73 Å². The van der Waals surface area contributed by atoms with E-state index in [1.165, 1.54) is 6.07 Å². The van der Waals surface area contributed by atoms with Crippen molar-refractivity contribution < 1.29 is 25.2 Å². The number of ether oxygens (including phenoxy) is 1. The van der Waals surface area contributed by atoms with Gasteiger partial charge in [-0.05, 0) is 0 Å². The van der Waals surface area contributed by atoms with Gasteiger partial charge in [0.05, 0.1) is 6.61 Å². The largest absolute Gasteiger partial charge is 0.394 e.